The molecule has 1 fully saturated rings. The fraction of sp³-hybridized carbons (Fsp3) is 0.350. The highest BCUT2D eigenvalue weighted by Gasteiger charge is 2.25. The molecule has 1 aliphatic rings. The van der Waals surface area contributed by atoms with Gasteiger partial charge in [-0.1, -0.05) is 29.8 Å². The maximum absolute atomic E-state index is 5.90. The van der Waals surface area contributed by atoms with Gasteiger partial charge in [0.05, 0.1) is 5.56 Å². The maximum atomic E-state index is 5.90. The SMILES string of the molecule is Cc1cccc(CN2CCC(c3nnc(-c4cccnc4)o3)CC2)c1. The first kappa shape index (κ1) is 16.0. The Labute approximate surface area is 147 Å². The van der Waals surface area contributed by atoms with Crippen LogP contribution in [0.15, 0.2) is 53.2 Å². The summed E-state index contributed by atoms with van der Waals surface area (Å²) >= 11 is 0. The largest absolute Gasteiger partial charge is 0.420 e. The summed E-state index contributed by atoms with van der Waals surface area (Å²) in [6.45, 7) is 5.27. The number of pyridine rings is 1. The molecule has 1 aromatic carbocycles. The quantitative estimate of drug-likeness (QED) is 0.726. The standard InChI is InChI=1S/C20H22N4O/c1-15-4-2-5-16(12-15)14-24-10-7-17(8-11-24)19-22-23-20(25-19)18-6-3-9-21-13-18/h2-6,9,12-13,17H,7-8,10-11,14H2,1H3. The van der Waals surface area contributed by atoms with Gasteiger partial charge in [-0.2, -0.15) is 0 Å². The molecule has 0 atom stereocenters. The number of piperidine rings is 1. The van der Waals surface area contributed by atoms with Crippen LogP contribution in [-0.4, -0.2) is 33.2 Å². The zero-order valence-electron chi connectivity index (χ0n) is 14.4. The molecule has 0 unspecified atom stereocenters. The van der Waals surface area contributed by atoms with Gasteiger partial charge in [-0.05, 0) is 50.6 Å². The minimum absolute atomic E-state index is 0.353. The molecule has 1 aliphatic heterocycles. The Morgan fingerprint density at radius 3 is 2.76 bits per heavy atom. The van der Waals surface area contributed by atoms with E-state index in [1.807, 2.05) is 12.1 Å². The summed E-state index contributed by atoms with van der Waals surface area (Å²) in [6.07, 6.45) is 5.60. The molecule has 25 heavy (non-hydrogen) atoms. The molecule has 0 radical (unpaired) electrons. The minimum atomic E-state index is 0.353. The Morgan fingerprint density at radius 2 is 2.00 bits per heavy atom. The summed E-state index contributed by atoms with van der Waals surface area (Å²) in [5, 5.41) is 8.46. The van der Waals surface area contributed by atoms with E-state index in [9.17, 15) is 0 Å². The fourth-order valence-corrected chi connectivity index (χ4v) is 3.41. The molecular weight excluding hydrogens is 312 g/mol. The highest BCUT2D eigenvalue weighted by Crippen LogP contribution is 2.29. The predicted molar refractivity (Wildman–Crippen MR) is 96.0 cm³/mol. The molecule has 5 heteroatoms. The molecule has 0 spiro atoms. The van der Waals surface area contributed by atoms with Gasteiger partial charge >= 0.3 is 0 Å². The van der Waals surface area contributed by atoms with E-state index < -0.39 is 0 Å². The van der Waals surface area contributed by atoms with Gasteiger partial charge in [0.2, 0.25) is 11.8 Å². The lowest BCUT2D eigenvalue weighted by molar-refractivity contribution is 0.193. The fourth-order valence-electron chi connectivity index (χ4n) is 3.41. The molecule has 128 valence electrons. The van der Waals surface area contributed by atoms with Gasteiger partial charge in [0, 0.05) is 24.9 Å². The Morgan fingerprint density at radius 1 is 1.12 bits per heavy atom. The monoisotopic (exact) mass is 334 g/mol. The first-order valence-electron chi connectivity index (χ1n) is 8.79. The van der Waals surface area contributed by atoms with E-state index >= 15 is 0 Å². The smallest absolute Gasteiger partial charge is 0.249 e. The second-order valence-corrected chi connectivity index (χ2v) is 6.73. The summed E-state index contributed by atoms with van der Waals surface area (Å²) in [7, 11) is 0. The number of hydrogen-bond acceptors (Lipinski definition) is 5. The number of aromatic nitrogens is 3. The van der Waals surface area contributed by atoms with E-state index in [-0.39, 0.29) is 0 Å². The number of rotatable bonds is 4. The van der Waals surface area contributed by atoms with Gasteiger partial charge < -0.3 is 4.42 Å². The third-order valence-corrected chi connectivity index (χ3v) is 4.77. The Balaban J connectivity index is 1.37. The first-order valence-corrected chi connectivity index (χ1v) is 8.79. The lowest BCUT2D eigenvalue weighted by Crippen LogP contribution is -2.32. The molecule has 3 heterocycles. The van der Waals surface area contributed by atoms with Crippen LogP contribution in [0.2, 0.25) is 0 Å². The van der Waals surface area contributed by atoms with Gasteiger partial charge in [-0.3, -0.25) is 9.88 Å². The summed E-state index contributed by atoms with van der Waals surface area (Å²) < 4.78 is 5.90. The second-order valence-electron chi connectivity index (χ2n) is 6.73. The third-order valence-electron chi connectivity index (χ3n) is 4.77. The summed E-state index contributed by atoms with van der Waals surface area (Å²) in [5.74, 6) is 1.67. The van der Waals surface area contributed by atoms with Crippen LogP contribution < -0.4 is 0 Å². The normalized spacial score (nSPS) is 16.2. The topological polar surface area (TPSA) is 55.1 Å². The van der Waals surface area contributed by atoms with Crippen LogP contribution >= 0.6 is 0 Å². The average molecular weight is 334 g/mol. The van der Waals surface area contributed by atoms with Crippen molar-refractivity contribution in [3.8, 4) is 11.5 Å². The van der Waals surface area contributed by atoms with Gasteiger partial charge in [-0.15, -0.1) is 10.2 Å². The van der Waals surface area contributed by atoms with Crippen LogP contribution in [-0.2, 0) is 6.54 Å². The third kappa shape index (κ3) is 3.77. The average Bonchev–Trinajstić information content (AvgIpc) is 3.13. The Hall–Kier alpha value is -2.53. The van der Waals surface area contributed by atoms with Gasteiger partial charge in [-0.25, -0.2) is 0 Å². The summed E-state index contributed by atoms with van der Waals surface area (Å²) in [6, 6.07) is 12.6. The summed E-state index contributed by atoms with van der Waals surface area (Å²) in [4.78, 5) is 6.61. The van der Waals surface area contributed by atoms with E-state index in [4.69, 9.17) is 4.42 Å². The number of aryl methyl sites for hydroxylation is 1. The first-order chi connectivity index (χ1) is 12.3. The number of nitrogens with zero attached hydrogens (tertiary/aromatic N) is 4. The van der Waals surface area contributed by atoms with Crippen molar-refractivity contribution in [3.05, 3.63) is 65.8 Å². The molecule has 0 amide bonds. The molecule has 4 rings (SSSR count). The van der Waals surface area contributed by atoms with E-state index in [2.05, 4.69) is 51.3 Å². The molecule has 2 aromatic heterocycles. The van der Waals surface area contributed by atoms with Crippen LogP contribution in [0, 0.1) is 6.92 Å². The van der Waals surface area contributed by atoms with Crippen molar-refractivity contribution >= 4 is 0 Å². The highest BCUT2D eigenvalue weighted by molar-refractivity contribution is 5.50. The van der Waals surface area contributed by atoms with Crippen molar-refractivity contribution in [2.45, 2.75) is 32.2 Å². The summed E-state index contributed by atoms with van der Waals surface area (Å²) in [5.41, 5.74) is 3.58. The van der Waals surface area contributed by atoms with Gasteiger partial charge in [0.1, 0.15) is 0 Å². The highest BCUT2D eigenvalue weighted by atomic mass is 16.4. The number of likely N-dealkylation sites (tertiary alicyclic amines) is 1. The molecule has 3 aromatic rings. The minimum Gasteiger partial charge on any atom is -0.420 e. The lowest BCUT2D eigenvalue weighted by Gasteiger charge is -2.30. The Kier molecular flexibility index (Phi) is 4.57. The zero-order valence-corrected chi connectivity index (χ0v) is 14.4. The number of hydrogen-bond donors (Lipinski definition) is 0. The van der Waals surface area contributed by atoms with Crippen molar-refractivity contribution in [3.63, 3.8) is 0 Å². The Bertz CT molecular complexity index is 822. The van der Waals surface area contributed by atoms with Crippen LogP contribution in [0.4, 0.5) is 0 Å². The molecule has 5 nitrogen and oxygen atoms in total. The van der Waals surface area contributed by atoms with Crippen LogP contribution in [0.5, 0.6) is 0 Å². The molecule has 1 saturated heterocycles. The van der Waals surface area contributed by atoms with Crippen molar-refractivity contribution in [1.29, 1.82) is 0 Å². The maximum Gasteiger partial charge on any atom is 0.249 e. The zero-order chi connectivity index (χ0) is 17.1. The van der Waals surface area contributed by atoms with E-state index in [0.717, 1.165) is 43.9 Å². The van der Waals surface area contributed by atoms with E-state index in [1.165, 1.54) is 11.1 Å². The molecule has 0 N–H and O–H groups in total. The van der Waals surface area contributed by atoms with E-state index in [0.29, 0.717) is 11.8 Å². The van der Waals surface area contributed by atoms with Crippen molar-refractivity contribution in [2.24, 2.45) is 0 Å². The predicted octanol–water partition coefficient (Wildman–Crippen LogP) is 3.82. The van der Waals surface area contributed by atoms with Crippen molar-refractivity contribution in [1.82, 2.24) is 20.1 Å². The lowest BCUT2D eigenvalue weighted by atomic mass is 9.96. The molecule has 0 saturated carbocycles. The molecule has 0 bridgehead atoms. The number of benzene rings is 1. The van der Waals surface area contributed by atoms with Crippen molar-refractivity contribution in [2.75, 3.05) is 13.1 Å². The molecule has 0 aliphatic carbocycles. The van der Waals surface area contributed by atoms with Gasteiger partial charge in [0.25, 0.3) is 0 Å². The van der Waals surface area contributed by atoms with Crippen LogP contribution in [0.3, 0.4) is 0 Å². The van der Waals surface area contributed by atoms with Gasteiger partial charge in [0.15, 0.2) is 0 Å². The van der Waals surface area contributed by atoms with Crippen molar-refractivity contribution < 1.29 is 4.42 Å². The molecular formula is C20H22N4O. The second kappa shape index (κ2) is 7.15. The van der Waals surface area contributed by atoms with E-state index in [1.54, 1.807) is 12.4 Å². The van der Waals surface area contributed by atoms with Crippen LogP contribution in [0.1, 0.15) is 35.8 Å². The van der Waals surface area contributed by atoms with Crippen LogP contribution in [0.25, 0.3) is 11.5 Å².